The van der Waals surface area contributed by atoms with Gasteiger partial charge in [-0.1, -0.05) is 23.2 Å². The lowest BCUT2D eigenvalue weighted by atomic mass is 10.1. The minimum atomic E-state index is -1.00. The van der Waals surface area contributed by atoms with Gasteiger partial charge in [0.1, 0.15) is 4.33 Å². The van der Waals surface area contributed by atoms with Gasteiger partial charge in [-0.2, -0.15) is 0 Å². The lowest BCUT2D eigenvalue weighted by Crippen LogP contribution is -2.25. The molecule has 1 unspecified atom stereocenters. The van der Waals surface area contributed by atoms with Crippen molar-refractivity contribution in [3.8, 4) is 11.3 Å². The van der Waals surface area contributed by atoms with Crippen molar-refractivity contribution in [3.63, 3.8) is 0 Å². The zero-order valence-corrected chi connectivity index (χ0v) is 15.1. The number of aromatic nitrogens is 1. The minimum absolute atomic E-state index is 0.236. The molecule has 1 saturated carbocycles. The minimum Gasteiger partial charge on any atom is -0.301 e. The maximum atomic E-state index is 12.2. The Hall–Kier alpha value is -0.520. The average molecular weight is 396 g/mol. The van der Waals surface area contributed by atoms with Crippen molar-refractivity contribution >= 4 is 68.8 Å². The van der Waals surface area contributed by atoms with Crippen LogP contribution in [0.1, 0.15) is 13.3 Å². The fourth-order valence-corrected chi connectivity index (χ4v) is 3.95. The summed E-state index contributed by atoms with van der Waals surface area (Å²) in [4.78, 5) is 16.6. The van der Waals surface area contributed by atoms with Crippen LogP contribution in [0.2, 0.25) is 10.0 Å². The van der Waals surface area contributed by atoms with Gasteiger partial charge in [0, 0.05) is 16.0 Å². The second-order valence-corrected chi connectivity index (χ2v) is 8.52. The monoisotopic (exact) mass is 394 g/mol. The van der Waals surface area contributed by atoms with Crippen molar-refractivity contribution in [2.45, 2.75) is 17.7 Å². The number of nitrogens with one attached hydrogen (secondary N) is 1. The fourth-order valence-electron chi connectivity index (χ4n) is 2.03. The van der Waals surface area contributed by atoms with Crippen LogP contribution in [-0.2, 0) is 4.79 Å². The first-order valence-electron chi connectivity index (χ1n) is 6.33. The molecule has 3 rings (SSSR count). The van der Waals surface area contributed by atoms with Gasteiger partial charge < -0.3 is 5.32 Å². The van der Waals surface area contributed by atoms with Gasteiger partial charge in [0.2, 0.25) is 5.91 Å². The van der Waals surface area contributed by atoms with E-state index < -0.39 is 9.75 Å². The molecule has 1 N–H and O–H groups in total. The second kappa shape index (κ2) is 5.53. The summed E-state index contributed by atoms with van der Waals surface area (Å²) in [6, 6.07) is 5.17. The number of nitrogens with zero attached hydrogens (tertiary/aromatic N) is 1. The largest absolute Gasteiger partial charge is 0.301 e. The summed E-state index contributed by atoms with van der Waals surface area (Å²) in [6.45, 7) is 1.73. The third kappa shape index (κ3) is 2.83. The topological polar surface area (TPSA) is 42.0 Å². The number of alkyl halides is 2. The molecular weight excluding hydrogens is 386 g/mol. The predicted molar refractivity (Wildman–Crippen MR) is 93.4 cm³/mol. The molecule has 1 heterocycles. The summed E-state index contributed by atoms with van der Waals surface area (Å²) >= 11 is 25.4. The Labute approximate surface area is 151 Å². The van der Waals surface area contributed by atoms with E-state index in [0.29, 0.717) is 27.3 Å². The summed E-state index contributed by atoms with van der Waals surface area (Å²) in [7, 11) is 0. The Morgan fingerprint density at radius 2 is 2.05 bits per heavy atom. The Morgan fingerprint density at radius 3 is 2.64 bits per heavy atom. The van der Waals surface area contributed by atoms with E-state index in [4.69, 9.17) is 46.4 Å². The predicted octanol–water partition coefficient (Wildman–Crippen LogP) is 5.64. The van der Waals surface area contributed by atoms with Crippen molar-refractivity contribution < 1.29 is 4.79 Å². The lowest BCUT2D eigenvalue weighted by Gasteiger charge is -2.10. The molecule has 1 aromatic heterocycles. The number of benzene rings is 1. The zero-order valence-electron chi connectivity index (χ0n) is 11.3. The number of hydrogen-bond donors (Lipinski definition) is 1. The van der Waals surface area contributed by atoms with Crippen molar-refractivity contribution in [2.24, 2.45) is 5.41 Å². The highest BCUT2D eigenvalue weighted by atomic mass is 35.5. The molecule has 0 spiro atoms. The van der Waals surface area contributed by atoms with Gasteiger partial charge in [0.25, 0.3) is 0 Å². The molecule has 8 heteroatoms. The standard InChI is InChI=1S/C14H10Cl4N2OS/c1-13(6-14(13,17)18)11(21)20-12-19-10(5-22-12)8-3-2-7(15)4-9(8)16/h2-5H,6H2,1H3,(H,19,20,21). The molecule has 3 nitrogen and oxygen atoms in total. The van der Waals surface area contributed by atoms with E-state index in [2.05, 4.69) is 10.3 Å². The normalized spacial score (nSPS) is 22.4. The first-order valence-corrected chi connectivity index (χ1v) is 8.72. The highest BCUT2D eigenvalue weighted by Crippen LogP contribution is 2.64. The number of anilines is 1. The molecule has 1 amide bonds. The van der Waals surface area contributed by atoms with Crippen LogP contribution < -0.4 is 5.32 Å². The average Bonchev–Trinajstić information content (AvgIpc) is 2.77. The summed E-state index contributed by atoms with van der Waals surface area (Å²) in [5, 5.41) is 6.10. The molecule has 1 fully saturated rings. The molecule has 1 atom stereocenters. The third-order valence-corrected chi connectivity index (χ3v) is 6.10. The van der Waals surface area contributed by atoms with Gasteiger partial charge in [-0.3, -0.25) is 4.79 Å². The van der Waals surface area contributed by atoms with Crippen molar-refractivity contribution in [3.05, 3.63) is 33.6 Å². The van der Waals surface area contributed by atoms with E-state index in [1.807, 2.05) is 5.38 Å². The smallest absolute Gasteiger partial charge is 0.235 e. The maximum absolute atomic E-state index is 12.2. The molecule has 0 aliphatic heterocycles. The van der Waals surface area contributed by atoms with Crippen molar-refractivity contribution in [1.29, 1.82) is 0 Å². The quantitative estimate of drug-likeness (QED) is 0.683. The van der Waals surface area contributed by atoms with Gasteiger partial charge >= 0.3 is 0 Å². The van der Waals surface area contributed by atoms with Gasteiger partial charge in [0.05, 0.1) is 16.1 Å². The first-order chi connectivity index (χ1) is 10.2. The lowest BCUT2D eigenvalue weighted by molar-refractivity contribution is -0.120. The number of hydrogen-bond acceptors (Lipinski definition) is 3. The Kier molecular flexibility index (Phi) is 4.11. The van der Waals surface area contributed by atoms with Crippen LogP contribution in [0, 0.1) is 5.41 Å². The van der Waals surface area contributed by atoms with Crippen LogP contribution >= 0.6 is 57.7 Å². The van der Waals surface area contributed by atoms with Crippen LogP contribution in [0.25, 0.3) is 11.3 Å². The Morgan fingerprint density at radius 1 is 1.36 bits per heavy atom. The van der Waals surface area contributed by atoms with Crippen LogP contribution in [0.4, 0.5) is 5.13 Å². The molecule has 1 aromatic carbocycles. The molecular formula is C14H10Cl4N2OS. The fraction of sp³-hybridized carbons (Fsp3) is 0.286. The molecule has 2 aromatic rings. The van der Waals surface area contributed by atoms with Crippen LogP contribution in [0.5, 0.6) is 0 Å². The summed E-state index contributed by atoms with van der Waals surface area (Å²) in [5.41, 5.74) is 0.648. The molecule has 0 saturated heterocycles. The molecule has 1 aliphatic carbocycles. The summed E-state index contributed by atoms with van der Waals surface area (Å²) < 4.78 is -1.00. The van der Waals surface area contributed by atoms with E-state index in [1.54, 1.807) is 25.1 Å². The number of thiazole rings is 1. The maximum Gasteiger partial charge on any atom is 0.235 e. The van der Waals surface area contributed by atoms with E-state index in [9.17, 15) is 4.79 Å². The number of carbonyl (C=O) groups excluding carboxylic acids is 1. The van der Waals surface area contributed by atoms with E-state index in [-0.39, 0.29) is 5.91 Å². The van der Waals surface area contributed by atoms with Crippen LogP contribution in [0.15, 0.2) is 23.6 Å². The number of rotatable bonds is 3. The Balaban J connectivity index is 1.79. The second-order valence-electron chi connectivity index (χ2n) is 5.33. The van der Waals surface area contributed by atoms with Crippen LogP contribution in [0.3, 0.4) is 0 Å². The molecule has 0 radical (unpaired) electrons. The van der Waals surface area contributed by atoms with Gasteiger partial charge in [0.15, 0.2) is 5.13 Å². The highest BCUT2D eigenvalue weighted by molar-refractivity contribution is 7.14. The van der Waals surface area contributed by atoms with Gasteiger partial charge in [-0.15, -0.1) is 34.5 Å². The summed E-state index contributed by atoms with van der Waals surface area (Å²) in [6.07, 6.45) is 0.427. The first kappa shape index (κ1) is 16.3. The molecule has 22 heavy (non-hydrogen) atoms. The van der Waals surface area contributed by atoms with E-state index in [0.717, 1.165) is 5.56 Å². The SMILES string of the molecule is CC1(C(=O)Nc2nc(-c3ccc(Cl)cc3Cl)cs2)CC1(Cl)Cl. The summed E-state index contributed by atoms with van der Waals surface area (Å²) in [5.74, 6) is -0.236. The molecule has 0 bridgehead atoms. The van der Waals surface area contributed by atoms with Gasteiger partial charge in [-0.05, 0) is 31.5 Å². The molecule has 1 aliphatic rings. The van der Waals surface area contributed by atoms with E-state index in [1.165, 1.54) is 11.3 Å². The molecule has 116 valence electrons. The van der Waals surface area contributed by atoms with Crippen LogP contribution in [-0.4, -0.2) is 15.2 Å². The number of amides is 1. The van der Waals surface area contributed by atoms with Crippen molar-refractivity contribution in [2.75, 3.05) is 5.32 Å². The number of carbonyl (C=O) groups is 1. The van der Waals surface area contributed by atoms with E-state index >= 15 is 0 Å². The Bertz CT molecular complexity index is 761. The van der Waals surface area contributed by atoms with Gasteiger partial charge in [-0.25, -0.2) is 4.98 Å². The third-order valence-electron chi connectivity index (χ3n) is 3.69. The zero-order chi connectivity index (χ0) is 16.1. The van der Waals surface area contributed by atoms with Crippen molar-refractivity contribution in [1.82, 2.24) is 4.98 Å². The number of halogens is 4. The highest BCUT2D eigenvalue weighted by Gasteiger charge is 2.68.